The zero-order valence-electron chi connectivity index (χ0n) is 11.6. The van der Waals surface area contributed by atoms with Crippen molar-refractivity contribution in [1.29, 1.82) is 0 Å². The van der Waals surface area contributed by atoms with Gasteiger partial charge >= 0.3 is 0 Å². The Morgan fingerprint density at radius 1 is 1.39 bits per heavy atom. The third kappa shape index (κ3) is 2.98. The third-order valence-corrected chi connectivity index (χ3v) is 4.44. The summed E-state index contributed by atoms with van der Waals surface area (Å²) in [7, 11) is 0. The fourth-order valence-corrected chi connectivity index (χ4v) is 3.07. The molecule has 23 heavy (non-hydrogen) atoms. The first kappa shape index (κ1) is 15.7. The van der Waals surface area contributed by atoms with Gasteiger partial charge in [0.2, 0.25) is 5.76 Å². The highest BCUT2D eigenvalue weighted by atomic mass is 79.9. The van der Waals surface area contributed by atoms with E-state index >= 15 is 0 Å². The van der Waals surface area contributed by atoms with Crippen LogP contribution in [0, 0.1) is 0 Å². The number of halogens is 1. The van der Waals surface area contributed by atoms with E-state index in [0.717, 1.165) is 4.47 Å². The molecular weight excluding hydrogens is 384 g/mol. The quantitative estimate of drug-likeness (QED) is 0.626. The van der Waals surface area contributed by atoms with E-state index < -0.39 is 11.8 Å². The lowest BCUT2D eigenvalue weighted by atomic mass is 10.2. The van der Waals surface area contributed by atoms with Gasteiger partial charge in [0.15, 0.2) is 0 Å². The van der Waals surface area contributed by atoms with E-state index in [1.807, 2.05) is 0 Å². The second-order valence-corrected chi connectivity index (χ2v) is 6.45. The van der Waals surface area contributed by atoms with E-state index in [4.69, 9.17) is 15.9 Å². The number of carbonyl (C=O) groups is 2. The number of furan rings is 1. The Balaban J connectivity index is 2.03. The summed E-state index contributed by atoms with van der Waals surface area (Å²) < 4.78 is 6.21. The predicted molar refractivity (Wildman–Crippen MR) is 90.4 cm³/mol. The Morgan fingerprint density at radius 2 is 2.17 bits per heavy atom. The van der Waals surface area contributed by atoms with Crippen LogP contribution in [0.15, 0.2) is 32.5 Å². The van der Waals surface area contributed by atoms with Gasteiger partial charge in [-0.15, -0.1) is 11.3 Å². The second kappa shape index (κ2) is 6.11. The summed E-state index contributed by atoms with van der Waals surface area (Å²) in [6.07, 6.45) is 0. The molecule has 0 saturated heterocycles. The van der Waals surface area contributed by atoms with Gasteiger partial charge in [-0.3, -0.25) is 9.59 Å². The molecule has 9 heteroatoms. The molecule has 0 radical (unpaired) electrons. The van der Waals surface area contributed by atoms with Crippen LogP contribution >= 0.6 is 27.3 Å². The van der Waals surface area contributed by atoms with Crippen molar-refractivity contribution in [3.05, 3.63) is 44.5 Å². The Bertz CT molecular complexity index is 918. The van der Waals surface area contributed by atoms with Crippen LogP contribution in [-0.2, 0) is 6.54 Å². The van der Waals surface area contributed by atoms with Gasteiger partial charge in [0.05, 0.1) is 0 Å². The van der Waals surface area contributed by atoms with Gasteiger partial charge in [-0.2, -0.15) is 0 Å². The molecule has 0 unspecified atom stereocenters. The first-order valence-electron chi connectivity index (χ1n) is 6.47. The molecule has 0 aliphatic carbocycles. The number of rotatable bonds is 4. The fraction of sp³-hybridized carbons (Fsp3) is 0.0714. The molecule has 0 aliphatic rings. The number of nitrogens with one attached hydrogen (secondary N) is 1. The maximum atomic E-state index is 12.3. The monoisotopic (exact) mass is 394 g/mol. The van der Waals surface area contributed by atoms with Crippen molar-refractivity contribution >= 4 is 55.7 Å². The van der Waals surface area contributed by atoms with Gasteiger partial charge in [0.25, 0.3) is 11.8 Å². The highest BCUT2D eigenvalue weighted by Gasteiger charge is 2.22. The normalized spacial score (nSPS) is 10.9. The Hall–Kier alpha value is -2.23. The summed E-state index contributed by atoms with van der Waals surface area (Å²) in [6, 6.07) is 5.17. The second-order valence-electron chi connectivity index (χ2n) is 4.60. The first-order chi connectivity index (χ1) is 11.0. The standard InChI is InChI=1S/C14H11BrN4O3S/c15-6-1-2-9-7(3-6)11(12(22-9)13(17)20)19-14(21)8-5-23-10(4-16)18-8/h1-3,5H,4,16H2,(H2,17,20)(H,19,21). The molecule has 0 aliphatic heterocycles. The van der Waals surface area contributed by atoms with Crippen LogP contribution in [-0.4, -0.2) is 16.8 Å². The molecule has 0 saturated carbocycles. The maximum absolute atomic E-state index is 12.3. The SMILES string of the molecule is NCc1nc(C(=O)Nc2c(C(N)=O)oc3ccc(Br)cc23)cs1. The number of hydrogen-bond donors (Lipinski definition) is 3. The predicted octanol–water partition coefficient (Wildman–Crippen LogP) is 2.46. The van der Waals surface area contributed by atoms with E-state index in [0.29, 0.717) is 16.0 Å². The first-order valence-corrected chi connectivity index (χ1v) is 8.14. The number of anilines is 1. The molecule has 2 amide bonds. The van der Waals surface area contributed by atoms with Crippen LogP contribution in [0.5, 0.6) is 0 Å². The Labute approximate surface area is 142 Å². The van der Waals surface area contributed by atoms with E-state index in [2.05, 4.69) is 26.2 Å². The Morgan fingerprint density at radius 3 is 2.83 bits per heavy atom. The minimum Gasteiger partial charge on any atom is -0.449 e. The molecule has 0 spiro atoms. The third-order valence-electron chi connectivity index (χ3n) is 3.07. The lowest BCUT2D eigenvalue weighted by Crippen LogP contribution is -2.17. The van der Waals surface area contributed by atoms with Crippen LogP contribution in [0.3, 0.4) is 0 Å². The van der Waals surface area contributed by atoms with Crippen molar-refractivity contribution in [3.8, 4) is 0 Å². The van der Waals surface area contributed by atoms with Gasteiger partial charge in [0.1, 0.15) is 22.0 Å². The molecule has 3 aromatic rings. The van der Waals surface area contributed by atoms with Gasteiger partial charge in [-0.25, -0.2) is 4.98 Å². The highest BCUT2D eigenvalue weighted by Crippen LogP contribution is 2.33. The minimum atomic E-state index is -0.770. The summed E-state index contributed by atoms with van der Waals surface area (Å²) in [6.45, 7) is 0.256. The lowest BCUT2D eigenvalue weighted by molar-refractivity contribution is 0.0977. The molecule has 0 atom stereocenters. The number of thiazole rings is 1. The number of hydrogen-bond acceptors (Lipinski definition) is 6. The van der Waals surface area contributed by atoms with E-state index in [-0.39, 0.29) is 23.7 Å². The topological polar surface area (TPSA) is 124 Å². The summed E-state index contributed by atoms with van der Waals surface area (Å²) in [5, 5.41) is 5.45. The van der Waals surface area contributed by atoms with E-state index in [9.17, 15) is 9.59 Å². The van der Waals surface area contributed by atoms with Crippen LogP contribution in [0.25, 0.3) is 11.0 Å². The van der Waals surface area contributed by atoms with E-state index in [1.54, 1.807) is 23.6 Å². The maximum Gasteiger partial charge on any atom is 0.286 e. The van der Waals surface area contributed by atoms with Crippen LogP contribution in [0.2, 0.25) is 0 Å². The van der Waals surface area contributed by atoms with Crippen molar-refractivity contribution < 1.29 is 14.0 Å². The molecule has 2 heterocycles. The zero-order chi connectivity index (χ0) is 16.6. The van der Waals surface area contributed by atoms with Crippen molar-refractivity contribution in [2.24, 2.45) is 11.5 Å². The minimum absolute atomic E-state index is 0.110. The summed E-state index contributed by atoms with van der Waals surface area (Å²) >= 11 is 4.63. The summed E-state index contributed by atoms with van der Waals surface area (Å²) in [5.41, 5.74) is 11.7. The number of aromatic nitrogens is 1. The fourth-order valence-electron chi connectivity index (χ4n) is 2.05. The van der Waals surface area contributed by atoms with Gasteiger partial charge in [0, 0.05) is 21.8 Å². The number of amides is 2. The molecule has 0 fully saturated rings. The van der Waals surface area contributed by atoms with Crippen LogP contribution < -0.4 is 16.8 Å². The average molecular weight is 395 g/mol. The van der Waals surface area contributed by atoms with Gasteiger partial charge < -0.3 is 21.2 Å². The molecule has 5 N–H and O–H groups in total. The Kier molecular flexibility index (Phi) is 4.16. The molecule has 1 aromatic carbocycles. The van der Waals surface area contributed by atoms with E-state index in [1.165, 1.54) is 11.3 Å². The number of fused-ring (bicyclic) bond motifs is 1. The van der Waals surface area contributed by atoms with Crippen LogP contribution in [0.1, 0.15) is 26.1 Å². The van der Waals surface area contributed by atoms with Gasteiger partial charge in [-0.1, -0.05) is 15.9 Å². The molecule has 3 rings (SSSR count). The smallest absolute Gasteiger partial charge is 0.286 e. The largest absolute Gasteiger partial charge is 0.449 e. The molecule has 118 valence electrons. The van der Waals surface area contributed by atoms with Crippen molar-refractivity contribution in [3.63, 3.8) is 0 Å². The molecule has 7 nitrogen and oxygen atoms in total. The summed E-state index contributed by atoms with van der Waals surface area (Å²) in [4.78, 5) is 28.0. The highest BCUT2D eigenvalue weighted by molar-refractivity contribution is 9.10. The molecule has 2 aromatic heterocycles. The van der Waals surface area contributed by atoms with Gasteiger partial charge in [-0.05, 0) is 18.2 Å². The van der Waals surface area contributed by atoms with Crippen molar-refractivity contribution in [2.45, 2.75) is 6.54 Å². The van der Waals surface area contributed by atoms with Crippen LogP contribution in [0.4, 0.5) is 5.69 Å². The zero-order valence-corrected chi connectivity index (χ0v) is 14.0. The molecular formula is C14H11BrN4O3S. The number of carbonyl (C=O) groups excluding carboxylic acids is 2. The number of benzene rings is 1. The molecule has 0 bridgehead atoms. The average Bonchev–Trinajstić information content (AvgIpc) is 3.12. The number of nitrogens with two attached hydrogens (primary N) is 2. The summed E-state index contributed by atoms with van der Waals surface area (Å²) in [5.74, 6) is -1.35. The van der Waals surface area contributed by atoms with Crippen molar-refractivity contribution in [2.75, 3.05) is 5.32 Å². The van der Waals surface area contributed by atoms with Crippen molar-refractivity contribution in [1.82, 2.24) is 4.98 Å². The number of primary amides is 1. The lowest BCUT2D eigenvalue weighted by Gasteiger charge is -2.03. The number of nitrogens with zero attached hydrogens (tertiary/aromatic N) is 1.